The van der Waals surface area contributed by atoms with Gasteiger partial charge in [0.1, 0.15) is 16.9 Å². The number of benzene rings is 2. The smallest absolute Gasteiger partial charge is 0.238 e. The van der Waals surface area contributed by atoms with Crippen LogP contribution in [0.2, 0.25) is 0 Å². The molecule has 1 amide bonds. The first-order valence-corrected chi connectivity index (χ1v) is 10.1. The Hall–Kier alpha value is -2.67. The first-order valence-electron chi connectivity index (χ1n) is 9.26. The van der Waals surface area contributed by atoms with Crippen LogP contribution in [0.15, 0.2) is 59.8 Å². The molecule has 0 bridgehead atoms. The second-order valence-electron chi connectivity index (χ2n) is 6.93. The summed E-state index contributed by atoms with van der Waals surface area (Å²) in [6.45, 7) is 2.53. The molecule has 1 N–H and O–H groups in total. The minimum Gasteiger partial charge on any atom is -0.352 e. The summed E-state index contributed by atoms with van der Waals surface area (Å²) in [7, 11) is 0. The topological polar surface area (TPSA) is 59.8 Å². The first-order chi connectivity index (χ1) is 13.6. The van der Waals surface area contributed by atoms with Gasteiger partial charge < -0.3 is 9.88 Å². The fourth-order valence-electron chi connectivity index (χ4n) is 2.92. The monoisotopic (exact) mass is 396 g/mol. The Labute approximate surface area is 167 Å². The summed E-state index contributed by atoms with van der Waals surface area (Å²) in [6.07, 6.45) is 2.02. The minimum atomic E-state index is -0.515. The van der Waals surface area contributed by atoms with Crippen molar-refractivity contribution in [2.45, 2.75) is 42.8 Å². The maximum atomic E-state index is 13.4. The second-order valence-corrected chi connectivity index (χ2v) is 8.01. The quantitative estimate of drug-likeness (QED) is 0.616. The van der Waals surface area contributed by atoms with Gasteiger partial charge in [-0.25, -0.2) is 4.39 Å². The third kappa shape index (κ3) is 4.42. The number of hydrogen-bond donors (Lipinski definition) is 1. The summed E-state index contributed by atoms with van der Waals surface area (Å²) in [4.78, 5) is 12.9. The lowest BCUT2D eigenvalue weighted by Gasteiger charge is -2.17. The standard InChI is InChI=1S/C21H21FN4OS/c1-14-24-25-21(26(14)13-15-5-3-2-4-6-15)28-19(20(27)23-18-11-12-18)16-7-9-17(22)10-8-16/h2-10,18-19H,11-13H2,1H3,(H,23,27). The molecule has 1 unspecified atom stereocenters. The minimum absolute atomic E-state index is 0.0778. The average Bonchev–Trinajstić information content (AvgIpc) is 3.45. The largest absolute Gasteiger partial charge is 0.352 e. The van der Waals surface area contributed by atoms with E-state index in [1.54, 1.807) is 12.1 Å². The molecule has 0 spiro atoms. The molecular formula is C21H21FN4OS. The van der Waals surface area contributed by atoms with Gasteiger partial charge in [0, 0.05) is 6.04 Å². The number of carbonyl (C=O) groups excluding carboxylic acids is 1. The van der Waals surface area contributed by atoms with Crippen LogP contribution < -0.4 is 5.32 Å². The number of aromatic nitrogens is 3. The third-order valence-corrected chi connectivity index (χ3v) is 5.88. The Morgan fingerprint density at radius 2 is 1.89 bits per heavy atom. The van der Waals surface area contributed by atoms with Crippen LogP contribution in [0.25, 0.3) is 0 Å². The Bertz CT molecular complexity index is 954. The van der Waals surface area contributed by atoms with Crippen LogP contribution in [0.3, 0.4) is 0 Å². The molecule has 2 aromatic carbocycles. The third-order valence-electron chi connectivity index (χ3n) is 4.64. The Morgan fingerprint density at radius 1 is 1.18 bits per heavy atom. The van der Waals surface area contributed by atoms with Crippen molar-refractivity contribution in [2.75, 3.05) is 0 Å². The van der Waals surface area contributed by atoms with E-state index in [-0.39, 0.29) is 17.8 Å². The van der Waals surface area contributed by atoms with E-state index >= 15 is 0 Å². The number of hydrogen-bond acceptors (Lipinski definition) is 4. The molecule has 3 aromatic rings. The molecule has 1 atom stereocenters. The van der Waals surface area contributed by atoms with Crippen LogP contribution in [0.1, 0.15) is 35.0 Å². The maximum absolute atomic E-state index is 13.4. The molecule has 1 fully saturated rings. The van der Waals surface area contributed by atoms with E-state index in [0.717, 1.165) is 29.8 Å². The SMILES string of the molecule is Cc1nnc(SC(C(=O)NC2CC2)c2ccc(F)cc2)n1Cc1ccccc1. The number of carbonyl (C=O) groups is 1. The zero-order valence-corrected chi connectivity index (χ0v) is 16.3. The second kappa shape index (κ2) is 8.14. The summed E-state index contributed by atoms with van der Waals surface area (Å²) < 4.78 is 15.4. The van der Waals surface area contributed by atoms with Crippen molar-refractivity contribution in [1.29, 1.82) is 0 Å². The Morgan fingerprint density at radius 3 is 2.57 bits per heavy atom. The maximum Gasteiger partial charge on any atom is 0.238 e. The predicted molar refractivity (Wildman–Crippen MR) is 106 cm³/mol. The highest BCUT2D eigenvalue weighted by Gasteiger charge is 2.30. The highest BCUT2D eigenvalue weighted by atomic mass is 32.2. The number of amides is 1. The van der Waals surface area contributed by atoms with Gasteiger partial charge in [-0.15, -0.1) is 10.2 Å². The van der Waals surface area contributed by atoms with Crippen molar-refractivity contribution in [3.63, 3.8) is 0 Å². The highest BCUT2D eigenvalue weighted by molar-refractivity contribution is 8.00. The van der Waals surface area contributed by atoms with Crippen LogP contribution in [0, 0.1) is 12.7 Å². The van der Waals surface area contributed by atoms with Crippen LogP contribution in [-0.2, 0) is 11.3 Å². The van der Waals surface area contributed by atoms with Crippen molar-refractivity contribution in [1.82, 2.24) is 20.1 Å². The fraction of sp³-hybridized carbons (Fsp3) is 0.286. The molecule has 1 saturated carbocycles. The average molecular weight is 396 g/mol. The summed E-state index contributed by atoms with van der Waals surface area (Å²) in [5.74, 6) is 0.385. The fourth-order valence-corrected chi connectivity index (χ4v) is 4.01. The highest BCUT2D eigenvalue weighted by Crippen LogP contribution is 2.36. The van der Waals surface area contributed by atoms with Crippen LogP contribution in [0.5, 0.6) is 0 Å². The molecule has 0 radical (unpaired) electrons. The molecule has 1 heterocycles. The van der Waals surface area contributed by atoms with Gasteiger partial charge in [0.15, 0.2) is 5.16 Å². The van der Waals surface area contributed by atoms with E-state index in [0.29, 0.717) is 11.7 Å². The van der Waals surface area contributed by atoms with E-state index in [9.17, 15) is 9.18 Å². The van der Waals surface area contributed by atoms with Crippen molar-refractivity contribution < 1.29 is 9.18 Å². The van der Waals surface area contributed by atoms with Gasteiger partial charge in [-0.3, -0.25) is 4.79 Å². The van der Waals surface area contributed by atoms with Crippen LogP contribution in [0.4, 0.5) is 4.39 Å². The Balaban J connectivity index is 1.61. The van der Waals surface area contributed by atoms with Crippen molar-refractivity contribution in [3.8, 4) is 0 Å². The summed E-state index contributed by atoms with van der Waals surface area (Å²) in [5, 5.41) is 11.7. The lowest BCUT2D eigenvalue weighted by Crippen LogP contribution is -2.30. The number of halogens is 1. The lowest BCUT2D eigenvalue weighted by molar-refractivity contribution is -0.120. The molecule has 1 aliphatic rings. The van der Waals surface area contributed by atoms with Gasteiger partial charge in [0.2, 0.25) is 5.91 Å². The van der Waals surface area contributed by atoms with Crippen LogP contribution >= 0.6 is 11.8 Å². The van der Waals surface area contributed by atoms with Gasteiger partial charge in [-0.05, 0) is 43.0 Å². The molecule has 144 valence electrons. The summed E-state index contributed by atoms with van der Waals surface area (Å²) in [5.41, 5.74) is 1.88. The van der Waals surface area contributed by atoms with Gasteiger partial charge in [0.05, 0.1) is 6.54 Å². The van der Waals surface area contributed by atoms with Gasteiger partial charge in [-0.1, -0.05) is 54.2 Å². The van der Waals surface area contributed by atoms with Crippen molar-refractivity contribution in [3.05, 3.63) is 77.4 Å². The van der Waals surface area contributed by atoms with Crippen molar-refractivity contribution >= 4 is 17.7 Å². The molecule has 28 heavy (non-hydrogen) atoms. The lowest BCUT2D eigenvalue weighted by atomic mass is 10.1. The molecule has 1 aliphatic carbocycles. The number of aryl methyl sites for hydroxylation is 1. The molecule has 7 heteroatoms. The molecular weight excluding hydrogens is 375 g/mol. The Kier molecular flexibility index (Phi) is 5.43. The van der Waals surface area contributed by atoms with Gasteiger partial charge >= 0.3 is 0 Å². The first kappa shape index (κ1) is 18.7. The van der Waals surface area contributed by atoms with E-state index in [1.807, 2.05) is 41.8 Å². The van der Waals surface area contributed by atoms with E-state index in [1.165, 1.54) is 23.9 Å². The number of thioether (sulfide) groups is 1. The number of rotatable bonds is 7. The normalized spacial score (nSPS) is 14.6. The van der Waals surface area contributed by atoms with Crippen LogP contribution in [-0.4, -0.2) is 26.7 Å². The van der Waals surface area contributed by atoms with Gasteiger partial charge in [-0.2, -0.15) is 0 Å². The molecule has 4 rings (SSSR count). The predicted octanol–water partition coefficient (Wildman–Crippen LogP) is 3.89. The molecule has 0 saturated heterocycles. The number of nitrogens with zero attached hydrogens (tertiary/aromatic N) is 3. The molecule has 1 aromatic heterocycles. The van der Waals surface area contributed by atoms with Gasteiger partial charge in [0.25, 0.3) is 0 Å². The number of nitrogens with one attached hydrogen (secondary N) is 1. The van der Waals surface area contributed by atoms with E-state index in [4.69, 9.17) is 0 Å². The zero-order valence-electron chi connectivity index (χ0n) is 15.5. The molecule has 0 aliphatic heterocycles. The summed E-state index contributed by atoms with van der Waals surface area (Å²) >= 11 is 1.35. The van der Waals surface area contributed by atoms with E-state index in [2.05, 4.69) is 15.5 Å². The zero-order chi connectivity index (χ0) is 19.5. The van der Waals surface area contributed by atoms with Crippen molar-refractivity contribution in [2.24, 2.45) is 0 Å². The van der Waals surface area contributed by atoms with E-state index < -0.39 is 5.25 Å². The summed E-state index contributed by atoms with van der Waals surface area (Å²) in [6, 6.07) is 16.4. The molecule has 5 nitrogen and oxygen atoms in total.